The van der Waals surface area contributed by atoms with Crippen molar-refractivity contribution < 1.29 is 13.2 Å². The molecule has 0 spiro atoms. The van der Waals surface area contributed by atoms with Gasteiger partial charge in [0.15, 0.2) is 5.13 Å². The number of alkyl halides is 3. The quantitative estimate of drug-likeness (QED) is 0.852. The van der Waals surface area contributed by atoms with Crippen molar-refractivity contribution in [2.24, 2.45) is 7.05 Å². The average molecular weight is 316 g/mol. The standard InChI is InChI=1S/C13H15F3N4S/c1-19-10(2-5-18-19)9-3-6-20(7-4-9)12-17-8-11(21-12)13(14,15)16/h2,5,8-9H,3-4,6-7H2,1H3. The molecule has 0 radical (unpaired) electrons. The largest absolute Gasteiger partial charge is 0.427 e. The lowest BCUT2D eigenvalue weighted by Gasteiger charge is -2.31. The van der Waals surface area contributed by atoms with Crippen LogP contribution in [0.2, 0.25) is 0 Å². The number of piperidine rings is 1. The normalized spacial score (nSPS) is 17.4. The highest BCUT2D eigenvalue weighted by Gasteiger charge is 2.34. The fourth-order valence-electron chi connectivity index (χ4n) is 2.69. The van der Waals surface area contributed by atoms with Gasteiger partial charge in [0.05, 0.1) is 6.20 Å². The summed E-state index contributed by atoms with van der Waals surface area (Å²) >= 11 is 0.720. The second kappa shape index (κ2) is 5.32. The summed E-state index contributed by atoms with van der Waals surface area (Å²) in [6, 6.07) is 2.01. The third-order valence-electron chi connectivity index (χ3n) is 3.82. The molecule has 0 bridgehead atoms. The number of nitrogens with zero attached hydrogens (tertiary/aromatic N) is 4. The molecule has 0 aliphatic carbocycles. The van der Waals surface area contributed by atoms with Crippen molar-refractivity contribution in [1.29, 1.82) is 0 Å². The van der Waals surface area contributed by atoms with E-state index in [1.54, 1.807) is 6.20 Å². The SMILES string of the molecule is Cn1nccc1C1CCN(c2ncc(C(F)(F)F)s2)CC1. The lowest BCUT2D eigenvalue weighted by Crippen LogP contribution is -2.33. The zero-order valence-corrected chi connectivity index (χ0v) is 12.3. The molecule has 0 saturated carbocycles. The second-order valence-electron chi connectivity index (χ2n) is 5.15. The molecular weight excluding hydrogens is 301 g/mol. The number of aromatic nitrogens is 3. The van der Waals surface area contributed by atoms with Gasteiger partial charge in [-0.25, -0.2) is 4.98 Å². The highest BCUT2D eigenvalue weighted by Crippen LogP contribution is 2.38. The molecule has 0 N–H and O–H groups in total. The fourth-order valence-corrected chi connectivity index (χ4v) is 3.53. The topological polar surface area (TPSA) is 34.0 Å². The van der Waals surface area contributed by atoms with Gasteiger partial charge in [0, 0.05) is 37.9 Å². The van der Waals surface area contributed by atoms with Crippen LogP contribution in [0.3, 0.4) is 0 Å². The Morgan fingerprint density at radius 2 is 2.00 bits per heavy atom. The van der Waals surface area contributed by atoms with E-state index < -0.39 is 11.1 Å². The monoisotopic (exact) mass is 316 g/mol. The first-order chi connectivity index (χ1) is 9.95. The van der Waals surface area contributed by atoms with Crippen molar-refractivity contribution in [1.82, 2.24) is 14.8 Å². The Hall–Kier alpha value is -1.57. The van der Waals surface area contributed by atoms with Crippen LogP contribution in [0.1, 0.15) is 29.3 Å². The summed E-state index contributed by atoms with van der Waals surface area (Å²) in [6.07, 6.45) is 0.204. The van der Waals surface area contributed by atoms with Gasteiger partial charge in [-0.1, -0.05) is 11.3 Å². The number of rotatable bonds is 2. The van der Waals surface area contributed by atoms with Crippen molar-refractivity contribution in [2.75, 3.05) is 18.0 Å². The van der Waals surface area contributed by atoms with E-state index >= 15 is 0 Å². The van der Waals surface area contributed by atoms with Gasteiger partial charge < -0.3 is 4.90 Å². The van der Waals surface area contributed by atoms with Crippen molar-refractivity contribution in [2.45, 2.75) is 24.9 Å². The predicted molar refractivity (Wildman–Crippen MR) is 74.5 cm³/mol. The summed E-state index contributed by atoms with van der Waals surface area (Å²) in [4.78, 5) is 5.22. The molecule has 8 heteroatoms. The Labute approximate surface area is 124 Å². The zero-order chi connectivity index (χ0) is 15.0. The maximum absolute atomic E-state index is 12.6. The fraction of sp³-hybridized carbons (Fsp3) is 0.538. The van der Waals surface area contributed by atoms with Crippen LogP contribution in [0.25, 0.3) is 0 Å². The van der Waals surface area contributed by atoms with Crippen LogP contribution in [0.5, 0.6) is 0 Å². The van der Waals surface area contributed by atoms with Gasteiger partial charge >= 0.3 is 6.18 Å². The highest BCUT2D eigenvalue weighted by molar-refractivity contribution is 7.15. The Balaban J connectivity index is 1.66. The van der Waals surface area contributed by atoms with Crippen LogP contribution in [-0.4, -0.2) is 27.9 Å². The lowest BCUT2D eigenvalue weighted by molar-refractivity contribution is -0.134. The van der Waals surface area contributed by atoms with Gasteiger partial charge in [-0.2, -0.15) is 18.3 Å². The summed E-state index contributed by atoms with van der Waals surface area (Å²) in [5, 5.41) is 4.63. The van der Waals surface area contributed by atoms with Crippen molar-refractivity contribution >= 4 is 16.5 Å². The summed E-state index contributed by atoms with van der Waals surface area (Å²) in [6.45, 7) is 1.45. The predicted octanol–water partition coefficient (Wildman–Crippen LogP) is 3.28. The highest BCUT2D eigenvalue weighted by atomic mass is 32.1. The Morgan fingerprint density at radius 1 is 1.29 bits per heavy atom. The van der Waals surface area contributed by atoms with E-state index in [-0.39, 0.29) is 0 Å². The van der Waals surface area contributed by atoms with Crippen molar-refractivity contribution in [3.05, 3.63) is 29.0 Å². The van der Waals surface area contributed by atoms with E-state index in [1.807, 2.05) is 22.7 Å². The number of hydrogen-bond acceptors (Lipinski definition) is 4. The van der Waals surface area contributed by atoms with Crippen LogP contribution in [0.15, 0.2) is 18.5 Å². The van der Waals surface area contributed by atoms with E-state index in [9.17, 15) is 13.2 Å². The molecule has 3 heterocycles. The first-order valence-electron chi connectivity index (χ1n) is 6.71. The van der Waals surface area contributed by atoms with Gasteiger partial charge in [0.1, 0.15) is 4.88 Å². The molecule has 2 aromatic heterocycles. The second-order valence-corrected chi connectivity index (χ2v) is 6.15. The number of anilines is 1. The van der Waals surface area contributed by atoms with Crippen molar-refractivity contribution in [3.8, 4) is 0 Å². The lowest BCUT2D eigenvalue weighted by atomic mass is 9.94. The summed E-state index contributed by atoms with van der Waals surface area (Å²) in [7, 11) is 1.91. The number of aryl methyl sites for hydroxylation is 1. The maximum Gasteiger partial charge on any atom is 0.427 e. The van der Waals surface area contributed by atoms with Crippen LogP contribution in [0.4, 0.5) is 18.3 Å². The van der Waals surface area contributed by atoms with Gasteiger partial charge in [-0.3, -0.25) is 4.68 Å². The molecule has 1 saturated heterocycles. The molecule has 0 unspecified atom stereocenters. The molecule has 0 aromatic carbocycles. The van der Waals surface area contributed by atoms with Crippen LogP contribution < -0.4 is 4.90 Å². The van der Waals surface area contributed by atoms with E-state index in [4.69, 9.17) is 0 Å². The third-order valence-corrected chi connectivity index (χ3v) is 4.92. The van der Waals surface area contributed by atoms with E-state index in [1.165, 1.54) is 5.69 Å². The molecule has 1 fully saturated rings. The minimum atomic E-state index is -4.30. The van der Waals surface area contributed by atoms with E-state index in [0.29, 0.717) is 11.0 Å². The van der Waals surface area contributed by atoms with Gasteiger partial charge in [-0.15, -0.1) is 0 Å². The molecule has 21 heavy (non-hydrogen) atoms. The zero-order valence-electron chi connectivity index (χ0n) is 11.5. The molecule has 0 amide bonds. The molecule has 1 aliphatic rings. The smallest absolute Gasteiger partial charge is 0.348 e. The van der Waals surface area contributed by atoms with Crippen LogP contribution >= 0.6 is 11.3 Å². The molecule has 1 aliphatic heterocycles. The first kappa shape index (κ1) is 14.4. The summed E-state index contributed by atoms with van der Waals surface area (Å²) in [5.74, 6) is 0.413. The third kappa shape index (κ3) is 2.90. The Bertz CT molecular complexity index is 611. The number of thiazole rings is 1. The molecule has 4 nitrogen and oxygen atoms in total. The molecule has 114 valence electrons. The molecule has 0 atom stereocenters. The molecular formula is C13H15F3N4S. The van der Waals surface area contributed by atoms with Crippen LogP contribution in [0, 0.1) is 0 Å². The Morgan fingerprint density at radius 3 is 2.52 bits per heavy atom. The summed E-state index contributed by atoms with van der Waals surface area (Å²) in [5.41, 5.74) is 1.18. The molecule has 3 rings (SSSR count). The van der Waals surface area contributed by atoms with Gasteiger partial charge in [-0.05, 0) is 18.9 Å². The van der Waals surface area contributed by atoms with Gasteiger partial charge in [0.2, 0.25) is 0 Å². The average Bonchev–Trinajstić information content (AvgIpc) is 3.07. The summed E-state index contributed by atoms with van der Waals surface area (Å²) < 4.78 is 39.7. The Kier molecular flexibility index (Phi) is 3.64. The van der Waals surface area contributed by atoms with E-state index in [2.05, 4.69) is 10.1 Å². The van der Waals surface area contributed by atoms with Crippen molar-refractivity contribution in [3.63, 3.8) is 0 Å². The minimum Gasteiger partial charge on any atom is -0.348 e. The van der Waals surface area contributed by atoms with E-state index in [0.717, 1.165) is 43.5 Å². The molecule has 2 aromatic rings. The number of halogens is 3. The number of hydrogen-bond donors (Lipinski definition) is 0. The minimum absolute atomic E-state index is 0.413. The van der Waals surface area contributed by atoms with Crippen LogP contribution in [-0.2, 0) is 13.2 Å². The van der Waals surface area contributed by atoms with Gasteiger partial charge in [0.25, 0.3) is 0 Å². The maximum atomic E-state index is 12.6. The first-order valence-corrected chi connectivity index (χ1v) is 7.52.